The van der Waals surface area contributed by atoms with E-state index in [1.54, 1.807) is 13.2 Å². The van der Waals surface area contributed by atoms with Gasteiger partial charge < -0.3 is 19.2 Å². The van der Waals surface area contributed by atoms with Crippen LogP contribution in [0.4, 0.5) is 0 Å². The number of hydrogen-bond acceptors (Lipinski definition) is 6. The first-order valence-electron chi connectivity index (χ1n) is 12.3. The van der Waals surface area contributed by atoms with Gasteiger partial charge in [0.1, 0.15) is 11.5 Å². The van der Waals surface area contributed by atoms with Crippen LogP contribution in [0.3, 0.4) is 0 Å². The first-order chi connectivity index (χ1) is 16.2. The summed E-state index contributed by atoms with van der Waals surface area (Å²) in [4.78, 5) is 17.4. The molecule has 1 aromatic heterocycles. The molecule has 2 fully saturated rings. The van der Waals surface area contributed by atoms with Crippen LogP contribution >= 0.6 is 0 Å². The number of carbonyl (C=O) groups excluding carboxylic acids is 1. The maximum atomic E-state index is 12.6. The van der Waals surface area contributed by atoms with E-state index in [-0.39, 0.29) is 5.91 Å². The number of carbonyl (C=O) groups is 1. The van der Waals surface area contributed by atoms with E-state index in [2.05, 4.69) is 27.2 Å². The molecule has 1 aliphatic carbocycles. The summed E-state index contributed by atoms with van der Waals surface area (Å²) < 4.78 is 16.8. The normalized spacial score (nSPS) is 17.9. The molecule has 1 amide bonds. The van der Waals surface area contributed by atoms with Crippen molar-refractivity contribution in [2.24, 2.45) is 0 Å². The number of ether oxygens (including phenoxy) is 2. The number of rotatable bonds is 10. The predicted molar refractivity (Wildman–Crippen MR) is 127 cm³/mol. The molecule has 180 valence electrons. The van der Waals surface area contributed by atoms with Gasteiger partial charge in [0.2, 0.25) is 0 Å². The minimum atomic E-state index is -0.147. The molecule has 1 N–H and O–H groups in total. The molecule has 2 aliphatic rings. The molecule has 2 heterocycles. The Kier molecular flexibility index (Phi) is 8.80. The Balaban J connectivity index is 1.35. The number of hydrogen-bond donors (Lipinski definition) is 1. The molecular weight excluding hydrogens is 418 g/mol. The number of amides is 1. The molecule has 1 saturated heterocycles. The van der Waals surface area contributed by atoms with Gasteiger partial charge in [-0.3, -0.25) is 14.6 Å². The van der Waals surface area contributed by atoms with Crippen LogP contribution in [0.2, 0.25) is 0 Å². The summed E-state index contributed by atoms with van der Waals surface area (Å²) in [6.45, 7) is 6.35. The molecule has 0 unspecified atom stereocenters. The first-order valence-corrected chi connectivity index (χ1v) is 12.3. The fourth-order valence-corrected chi connectivity index (χ4v) is 4.79. The molecule has 0 atom stereocenters. The third-order valence-corrected chi connectivity index (χ3v) is 6.67. The van der Waals surface area contributed by atoms with Gasteiger partial charge in [-0.05, 0) is 42.7 Å². The number of benzene rings is 1. The summed E-state index contributed by atoms with van der Waals surface area (Å²) in [6.07, 6.45) is 6.28. The van der Waals surface area contributed by atoms with Gasteiger partial charge in [0.15, 0.2) is 5.76 Å². The zero-order valence-corrected chi connectivity index (χ0v) is 19.8. The van der Waals surface area contributed by atoms with Crippen LogP contribution < -0.4 is 10.1 Å². The van der Waals surface area contributed by atoms with Gasteiger partial charge in [-0.15, -0.1) is 0 Å². The summed E-state index contributed by atoms with van der Waals surface area (Å²) in [5.41, 5.74) is 1.23. The Labute approximate surface area is 197 Å². The van der Waals surface area contributed by atoms with E-state index in [9.17, 15) is 4.79 Å². The number of furan rings is 1. The second-order valence-corrected chi connectivity index (χ2v) is 9.02. The summed E-state index contributed by atoms with van der Waals surface area (Å²) >= 11 is 0. The van der Waals surface area contributed by atoms with Gasteiger partial charge in [-0.2, -0.15) is 0 Å². The highest BCUT2D eigenvalue weighted by molar-refractivity contribution is 5.91. The molecule has 2 aromatic rings. The largest absolute Gasteiger partial charge is 0.497 e. The first kappa shape index (κ1) is 23.8. The van der Waals surface area contributed by atoms with E-state index in [4.69, 9.17) is 13.9 Å². The molecule has 0 bridgehead atoms. The van der Waals surface area contributed by atoms with Crippen LogP contribution in [-0.4, -0.2) is 68.3 Å². The van der Waals surface area contributed by atoms with Gasteiger partial charge in [0, 0.05) is 38.8 Å². The van der Waals surface area contributed by atoms with Crippen molar-refractivity contribution in [2.45, 2.75) is 51.2 Å². The summed E-state index contributed by atoms with van der Waals surface area (Å²) in [5, 5.41) is 2.99. The van der Waals surface area contributed by atoms with Crippen LogP contribution in [0.25, 0.3) is 0 Å². The number of nitrogens with zero attached hydrogens (tertiary/aromatic N) is 2. The maximum absolute atomic E-state index is 12.6. The van der Waals surface area contributed by atoms with Crippen molar-refractivity contribution < 1.29 is 18.7 Å². The second-order valence-electron chi connectivity index (χ2n) is 9.02. The fraction of sp³-hybridized carbons (Fsp3) is 0.577. The van der Waals surface area contributed by atoms with E-state index < -0.39 is 0 Å². The van der Waals surface area contributed by atoms with Gasteiger partial charge >= 0.3 is 0 Å². The van der Waals surface area contributed by atoms with E-state index in [0.29, 0.717) is 24.9 Å². The number of morpholine rings is 1. The molecule has 1 saturated carbocycles. The SMILES string of the molecule is COc1cccc(CN(Cc2ccc(C(=O)NCCN3CCOCC3)o2)C2CCCCC2)c1. The van der Waals surface area contributed by atoms with Crippen LogP contribution in [0.5, 0.6) is 5.75 Å². The summed E-state index contributed by atoms with van der Waals surface area (Å²) in [5.74, 6) is 1.95. The van der Waals surface area contributed by atoms with Crippen molar-refractivity contribution in [3.63, 3.8) is 0 Å². The molecule has 1 aromatic carbocycles. The smallest absolute Gasteiger partial charge is 0.287 e. The van der Waals surface area contributed by atoms with Crippen molar-refractivity contribution in [3.8, 4) is 5.75 Å². The van der Waals surface area contributed by atoms with E-state index in [1.165, 1.54) is 37.7 Å². The van der Waals surface area contributed by atoms with Crippen LogP contribution in [-0.2, 0) is 17.8 Å². The zero-order valence-electron chi connectivity index (χ0n) is 19.8. The molecule has 0 spiro atoms. The lowest BCUT2D eigenvalue weighted by molar-refractivity contribution is 0.0382. The van der Waals surface area contributed by atoms with Gasteiger partial charge in [-0.1, -0.05) is 31.4 Å². The zero-order chi connectivity index (χ0) is 22.9. The van der Waals surface area contributed by atoms with Crippen molar-refractivity contribution in [1.29, 1.82) is 0 Å². The fourth-order valence-electron chi connectivity index (χ4n) is 4.79. The quantitative estimate of drug-likeness (QED) is 0.590. The Bertz CT molecular complexity index is 872. The Morgan fingerprint density at radius 1 is 1.12 bits per heavy atom. The van der Waals surface area contributed by atoms with Crippen molar-refractivity contribution in [3.05, 3.63) is 53.5 Å². The van der Waals surface area contributed by atoms with Gasteiger partial charge in [0.25, 0.3) is 5.91 Å². The van der Waals surface area contributed by atoms with Crippen molar-refractivity contribution in [1.82, 2.24) is 15.1 Å². The third-order valence-electron chi connectivity index (χ3n) is 6.67. The highest BCUT2D eigenvalue weighted by atomic mass is 16.5. The number of nitrogens with one attached hydrogen (secondary N) is 1. The molecule has 1 aliphatic heterocycles. The molecule has 0 radical (unpaired) electrons. The lowest BCUT2D eigenvalue weighted by Gasteiger charge is -2.34. The highest BCUT2D eigenvalue weighted by Crippen LogP contribution is 2.27. The van der Waals surface area contributed by atoms with Gasteiger partial charge in [0.05, 0.1) is 26.9 Å². The topological polar surface area (TPSA) is 67.2 Å². The van der Waals surface area contributed by atoms with Crippen LogP contribution in [0.15, 0.2) is 40.8 Å². The van der Waals surface area contributed by atoms with E-state index >= 15 is 0 Å². The van der Waals surface area contributed by atoms with Crippen LogP contribution in [0, 0.1) is 0 Å². The Morgan fingerprint density at radius 3 is 2.73 bits per heavy atom. The minimum Gasteiger partial charge on any atom is -0.497 e. The van der Waals surface area contributed by atoms with Gasteiger partial charge in [-0.25, -0.2) is 0 Å². The Hall–Kier alpha value is -2.35. The van der Waals surface area contributed by atoms with Crippen molar-refractivity contribution >= 4 is 5.91 Å². The minimum absolute atomic E-state index is 0.147. The van der Waals surface area contributed by atoms with E-state index in [1.807, 2.05) is 18.2 Å². The number of methoxy groups -OCH3 is 1. The molecule has 7 heteroatoms. The third kappa shape index (κ3) is 7.06. The molecule has 33 heavy (non-hydrogen) atoms. The lowest BCUT2D eigenvalue weighted by atomic mass is 9.93. The predicted octanol–water partition coefficient (Wildman–Crippen LogP) is 3.69. The molecular formula is C26H37N3O4. The monoisotopic (exact) mass is 455 g/mol. The summed E-state index contributed by atoms with van der Waals surface area (Å²) in [6, 6.07) is 12.5. The van der Waals surface area contributed by atoms with E-state index in [0.717, 1.165) is 50.9 Å². The second kappa shape index (κ2) is 12.2. The lowest BCUT2D eigenvalue weighted by Crippen LogP contribution is -2.41. The molecule has 4 rings (SSSR count). The maximum Gasteiger partial charge on any atom is 0.287 e. The van der Waals surface area contributed by atoms with Crippen molar-refractivity contribution in [2.75, 3.05) is 46.5 Å². The highest BCUT2D eigenvalue weighted by Gasteiger charge is 2.23. The van der Waals surface area contributed by atoms with Crippen LogP contribution in [0.1, 0.15) is 54.0 Å². The summed E-state index contributed by atoms with van der Waals surface area (Å²) in [7, 11) is 1.70. The molecule has 7 nitrogen and oxygen atoms in total. The average Bonchev–Trinajstić information content (AvgIpc) is 3.34. The Morgan fingerprint density at radius 2 is 1.94 bits per heavy atom. The standard InChI is InChI=1S/C26H37N3O4/c1-31-23-9-5-6-21(18-23)19-29(22-7-3-2-4-8-22)20-24-10-11-25(33-24)26(30)27-12-13-28-14-16-32-17-15-28/h5-6,9-11,18,22H,2-4,7-8,12-17,19-20H2,1H3,(H,27,30). The average molecular weight is 456 g/mol.